The van der Waals surface area contributed by atoms with E-state index in [4.69, 9.17) is 23.8 Å². The minimum absolute atomic E-state index is 0.312. The van der Waals surface area contributed by atoms with Gasteiger partial charge < -0.3 is 10.2 Å². The molecule has 2 aromatic rings. The number of hydrogen-bond acceptors (Lipinski definition) is 2. The van der Waals surface area contributed by atoms with E-state index in [1.165, 1.54) is 10.4 Å². The van der Waals surface area contributed by atoms with Crippen molar-refractivity contribution in [1.29, 1.82) is 0 Å². The van der Waals surface area contributed by atoms with Crippen LogP contribution in [-0.2, 0) is 6.42 Å². The Morgan fingerprint density at radius 1 is 1.40 bits per heavy atom. The number of hydrogen-bond donors (Lipinski definition) is 1. The lowest BCUT2D eigenvalue weighted by Crippen LogP contribution is -2.40. The molecule has 1 aromatic carbocycles. The number of nitrogens with one attached hydrogen (secondary N) is 1. The number of rotatable bonds is 1. The maximum atomic E-state index is 6.17. The van der Waals surface area contributed by atoms with E-state index in [9.17, 15) is 0 Å². The molecule has 0 fully saturated rings. The molecular weight excluding hydrogens is 308 g/mol. The second-order valence-corrected chi connectivity index (χ2v) is 6.62. The summed E-state index contributed by atoms with van der Waals surface area (Å²) in [6.07, 6.45) is 1.06. The minimum atomic E-state index is 0.312. The van der Waals surface area contributed by atoms with Gasteiger partial charge in [0.25, 0.3) is 0 Å². The highest BCUT2D eigenvalue weighted by Crippen LogP contribution is 2.33. The topological polar surface area (TPSA) is 15.3 Å². The summed E-state index contributed by atoms with van der Waals surface area (Å²) in [5.41, 5.74) is 2.26. The number of thiophene rings is 1. The van der Waals surface area contributed by atoms with Gasteiger partial charge in [0.1, 0.15) is 0 Å². The van der Waals surface area contributed by atoms with Gasteiger partial charge in [-0.3, -0.25) is 0 Å². The Hall–Kier alpha value is -1.10. The van der Waals surface area contributed by atoms with Crippen LogP contribution >= 0.6 is 35.2 Å². The Morgan fingerprint density at radius 3 is 3.00 bits per heavy atom. The zero-order chi connectivity index (χ0) is 14.1. The van der Waals surface area contributed by atoms with Crippen LogP contribution in [0.15, 0.2) is 35.7 Å². The van der Waals surface area contributed by atoms with Gasteiger partial charge in [-0.25, -0.2) is 0 Å². The van der Waals surface area contributed by atoms with Gasteiger partial charge in [-0.1, -0.05) is 23.7 Å². The molecule has 2 nitrogen and oxygen atoms in total. The Balaban J connectivity index is 1.77. The van der Waals surface area contributed by atoms with Gasteiger partial charge >= 0.3 is 0 Å². The van der Waals surface area contributed by atoms with Gasteiger partial charge in [0, 0.05) is 11.4 Å². The second-order valence-electron chi connectivity index (χ2n) is 4.83. The van der Waals surface area contributed by atoms with Crippen molar-refractivity contribution in [3.63, 3.8) is 0 Å². The summed E-state index contributed by atoms with van der Waals surface area (Å²) >= 11 is 13.6. The van der Waals surface area contributed by atoms with Gasteiger partial charge in [0.05, 0.1) is 16.8 Å². The van der Waals surface area contributed by atoms with Crippen molar-refractivity contribution in [2.75, 3.05) is 11.9 Å². The second kappa shape index (κ2) is 5.72. The Morgan fingerprint density at radius 2 is 2.20 bits per heavy atom. The fourth-order valence-electron chi connectivity index (χ4n) is 2.54. The lowest BCUT2D eigenvalue weighted by Gasteiger charge is -2.35. The molecule has 0 unspecified atom stereocenters. The van der Waals surface area contributed by atoms with Crippen LogP contribution in [-0.4, -0.2) is 16.6 Å². The number of para-hydroxylation sites is 1. The number of fused-ring (bicyclic) bond motifs is 1. The first-order valence-corrected chi connectivity index (χ1v) is 8.22. The molecule has 0 saturated carbocycles. The molecule has 104 valence electrons. The third-order valence-corrected chi connectivity index (χ3v) is 5.32. The van der Waals surface area contributed by atoms with Crippen molar-refractivity contribution in [3.05, 3.63) is 51.2 Å². The van der Waals surface area contributed by atoms with Crippen LogP contribution in [0.25, 0.3) is 0 Å². The van der Waals surface area contributed by atoms with E-state index in [1.54, 1.807) is 0 Å². The molecule has 0 bridgehead atoms. The SMILES string of the molecule is C[C@@H]1c2ccsc2CCN1C(=S)Nc1ccccc1Cl. The van der Waals surface area contributed by atoms with E-state index in [-0.39, 0.29) is 0 Å². The molecule has 0 radical (unpaired) electrons. The van der Waals surface area contributed by atoms with Crippen molar-refractivity contribution < 1.29 is 0 Å². The predicted octanol–water partition coefficient (Wildman–Crippen LogP) is 4.72. The predicted molar refractivity (Wildman–Crippen MR) is 90.8 cm³/mol. The summed E-state index contributed by atoms with van der Waals surface area (Å²) in [6.45, 7) is 3.15. The van der Waals surface area contributed by atoms with E-state index in [0.29, 0.717) is 11.1 Å². The molecule has 0 aliphatic carbocycles. The lowest BCUT2D eigenvalue weighted by atomic mass is 10.0. The van der Waals surface area contributed by atoms with Gasteiger partial charge in [-0.05, 0) is 54.7 Å². The fourth-order valence-corrected chi connectivity index (χ4v) is 4.04. The van der Waals surface area contributed by atoms with Crippen LogP contribution in [0.2, 0.25) is 5.02 Å². The average molecular weight is 323 g/mol. The zero-order valence-electron chi connectivity index (χ0n) is 11.1. The molecule has 0 amide bonds. The molecule has 1 atom stereocenters. The number of thiocarbonyl (C=S) groups is 1. The Kier molecular flexibility index (Phi) is 3.96. The molecule has 2 heterocycles. The van der Waals surface area contributed by atoms with E-state index in [1.807, 2.05) is 35.6 Å². The third kappa shape index (κ3) is 2.55. The quantitative estimate of drug-likeness (QED) is 0.765. The van der Waals surface area contributed by atoms with Crippen molar-refractivity contribution in [2.45, 2.75) is 19.4 Å². The molecule has 20 heavy (non-hydrogen) atoms. The van der Waals surface area contributed by atoms with Crippen molar-refractivity contribution >= 4 is 46.0 Å². The monoisotopic (exact) mass is 322 g/mol. The maximum Gasteiger partial charge on any atom is 0.173 e. The highest BCUT2D eigenvalue weighted by atomic mass is 35.5. The number of halogens is 1. The van der Waals surface area contributed by atoms with Crippen LogP contribution in [0.4, 0.5) is 5.69 Å². The smallest absolute Gasteiger partial charge is 0.173 e. The molecule has 0 spiro atoms. The molecule has 1 aromatic heterocycles. The van der Waals surface area contributed by atoms with E-state index in [2.05, 4.69) is 28.6 Å². The van der Waals surface area contributed by atoms with Crippen molar-refractivity contribution in [3.8, 4) is 0 Å². The largest absolute Gasteiger partial charge is 0.342 e. The molecule has 1 N–H and O–H groups in total. The summed E-state index contributed by atoms with van der Waals surface area (Å²) in [6, 6.07) is 10.2. The first-order chi connectivity index (χ1) is 9.66. The molecule has 5 heteroatoms. The third-order valence-electron chi connectivity index (χ3n) is 3.65. The molecule has 1 aliphatic heterocycles. The summed E-state index contributed by atoms with van der Waals surface area (Å²) in [5.74, 6) is 0. The summed E-state index contributed by atoms with van der Waals surface area (Å²) in [4.78, 5) is 3.71. The molecular formula is C15H15ClN2S2. The standard InChI is InChI=1S/C15H15ClN2S2/c1-10-11-7-9-20-14(11)6-8-18(10)15(19)17-13-5-3-2-4-12(13)16/h2-5,7,9-10H,6,8H2,1H3,(H,17,19)/t10-/m1/s1. The maximum absolute atomic E-state index is 6.17. The van der Waals surface area contributed by atoms with Gasteiger partial charge in [-0.15, -0.1) is 11.3 Å². The molecule has 1 aliphatic rings. The first-order valence-electron chi connectivity index (χ1n) is 6.55. The van der Waals surface area contributed by atoms with Crippen LogP contribution in [0, 0.1) is 0 Å². The van der Waals surface area contributed by atoms with Crippen LogP contribution in [0.5, 0.6) is 0 Å². The zero-order valence-corrected chi connectivity index (χ0v) is 13.5. The van der Waals surface area contributed by atoms with E-state index >= 15 is 0 Å². The Labute approximate surface area is 133 Å². The highest BCUT2D eigenvalue weighted by molar-refractivity contribution is 7.80. The van der Waals surface area contributed by atoms with E-state index in [0.717, 1.165) is 23.8 Å². The highest BCUT2D eigenvalue weighted by Gasteiger charge is 2.26. The van der Waals surface area contributed by atoms with Crippen molar-refractivity contribution in [1.82, 2.24) is 4.90 Å². The number of nitrogens with zero attached hydrogens (tertiary/aromatic N) is 1. The van der Waals surface area contributed by atoms with Crippen LogP contribution in [0.1, 0.15) is 23.4 Å². The fraction of sp³-hybridized carbons (Fsp3) is 0.267. The Bertz CT molecular complexity index is 638. The van der Waals surface area contributed by atoms with Crippen LogP contribution in [0.3, 0.4) is 0 Å². The summed E-state index contributed by atoms with van der Waals surface area (Å²) in [7, 11) is 0. The van der Waals surface area contributed by atoms with E-state index < -0.39 is 0 Å². The average Bonchev–Trinajstić information content (AvgIpc) is 2.91. The summed E-state index contributed by atoms with van der Waals surface area (Å²) < 4.78 is 0. The summed E-state index contributed by atoms with van der Waals surface area (Å²) in [5, 5.41) is 6.85. The van der Waals surface area contributed by atoms with Crippen molar-refractivity contribution in [2.24, 2.45) is 0 Å². The number of benzene rings is 1. The minimum Gasteiger partial charge on any atom is -0.342 e. The first kappa shape index (κ1) is 13.9. The lowest BCUT2D eigenvalue weighted by molar-refractivity contribution is 0.326. The normalized spacial score (nSPS) is 17.7. The molecule has 0 saturated heterocycles. The molecule has 3 rings (SSSR count). The van der Waals surface area contributed by atoms with Gasteiger partial charge in [-0.2, -0.15) is 0 Å². The van der Waals surface area contributed by atoms with Crippen LogP contribution < -0.4 is 5.32 Å². The number of anilines is 1. The van der Waals surface area contributed by atoms with Gasteiger partial charge in [0.2, 0.25) is 0 Å². The van der Waals surface area contributed by atoms with Gasteiger partial charge in [0.15, 0.2) is 5.11 Å².